The Bertz CT molecular complexity index is 603. The van der Waals surface area contributed by atoms with Gasteiger partial charge < -0.3 is 5.11 Å². The molecule has 1 aromatic carbocycles. The number of thiophene rings is 1. The van der Waals surface area contributed by atoms with Crippen molar-refractivity contribution < 1.29 is 5.11 Å². The van der Waals surface area contributed by atoms with E-state index in [1.807, 2.05) is 24.3 Å². The fourth-order valence-corrected chi connectivity index (χ4v) is 3.56. The third-order valence-electron chi connectivity index (χ3n) is 3.98. The van der Waals surface area contributed by atoms with E-state index in [-0.39, 0.29) is 0 Å². The predicted octanol–water partition coefficient (Wildman–Crippen LogP) is 3.63. The normalized spacial score (nSPS) is 15.5. The number of nitrogens with zero attached hydrogens (tertiary/aromatic N) is 1. The summed E-state index contributed by atoms with van der Waals surface area (Å²) in [5.41, 5.74) is 4.90. The Morgan fingerprint density at radius 1 is 1.26 bits per heavy atom. The molecular formula is C16H19NOS. The minimum Gasteiger partial charge on any atom is -0.508 e. The van der Waals surface area contributed by atoms with Gasteiger partial charge in [0.2, 0.25) is 0 Å². The van der Waals surface area contributed by atoms with E-state index < -0.39 is 0 Å². The lowest BCUT2D eigenvalue weighted by atomic mass is 10.0. The van der Waals surface area contributed by atoms with Gasteiger partial charge in [-0.05, 0) is 54.5 Å². The summed E-state index contributed by atoms with van der Waals surface area (Å²) >= 11 is 1.87. The smallest absolute Gasteiger partial charge is 0.120 e. The van der Waals surface area contributed by atoms with E-state index in [2.05, 4.69) is 29.3 Å². The second kappa shape index (κ2) is 4.99. The topological polar surface area (TPSA) is 23.5 Å². The molecule has 0 spiro atoms. The van der Waals surface area contributed by atoms with Crippen molar-refractivity contribution in [1.29, 1.82) is 0 Å². The van der Waals surface area contributed by atoms with Gasteiger partial charge in [0.05, 0.1) is 0 Å². The first-order valence-corrected chi connectivity index (χ1v) is 7.58. The SMILES string of the molecule is Cc1cc(O)c(CN2CCc3sccc3C2)cc1C. The summed E-state index contributed by atoms with van der Waals surface area (Å²) in [5.74, 6) is 0.430. The van der Waals surface area contributed by atoms with Crippen LogP contribution in [0.2, 0.25) is 0 Å². The van der Waals surface area contributed by atoms with Gasteiger partial charge in [0.1, 0.15) is 5.75 Å². The summed E-state index contributed by atoms with van der Waals surface area (Å²) in [7, 11) is 0. The number of fused-ring (bicyclic) bond motifs is 1. The first-order valence-electron chi connectivity index (χ1n) is 6.70. The Hall–Kier alpha value is -1.32. The Morgan fingerprint density at radius 3 is 2.89 bits per heavy atom. The quantitative estimate of drug-likeness (QED) is 0.903. The van der Waals surface area contributed by atoms with Crippen LogP contribution in [-0.4, -0.2) is 16.6 Å². The van der Waals surface area contributed by atoms with Gasteiger partial charge in [-0.3, -0.25) is 4.90 Å². The Kier molecular flexibility index (Phi) is 3.33. The van der Waals surface area contributed by atoms with Crippen molar-refractivity contribution in [2.75, 3.05) is 6.54 Å². The lowest BCUT2D eigenvalue weighted by Crippen LogP contribution is -2.29. The fourth-order valence-electron chi connectivity index (χ4n) is 2.67. The first-order chi connectivity index (χ1) is 9.13. The van der Waals surface area contributed by atoms with Gasteiger partial charge in [-0.1, -0.05) is 6.07 Å². The van der Waals surface area contributed by atoms with Crippen molar-refractivity contribution in [2.45, 2.75) is 33.4 Å². The molecule has 0 atom stereocenters. The van der Waals surface area contributed by atoms with Crippen LogP contribution in [0.25, 0.3) is 0 Å². The molecule has 2 nitrogen and oxygen atoms in total. The third kappa shape index (κ3) is 2.53. The summed E-state index contributed by atoms with van der Waals surface area (Å²) in [6, 6.07) is 6.23. The highest BCUT2D eigenvalue weighted by Gasteiger charge is 2.18. The molecule has 0 bridgehead atoms. The van der Waals surface area contributed by atoms with Crippen molar-refractivity contribution in [2.24, 2.45) is 0 Å². The number of hydrogen-bond donors (Lipinski definition) is 1. The van der Waals surface area contributed by atoms with Crippen molar-refractivity contribution in [3.63, 3.8) is 0 Å². The molecule has 0 aliphatic carbocycles. The fraction of sp³-hybridized carbons (Fsp3) is 0.375. The molecule has 2 heterocycles. The lowest BCUT2D eigenvalue weighted by molar-refractivity contribution is 0.244. The summed E-state index contributed by atoms with van der Waals surface area (Å²) in [6.45, 7) is 7.07. The van der Waals surface area contributed by atoms with Crippen LogP contribution in [0.15, 0.2) is 23.6 Å². The second-order valence-electron chi connectivity index (χ2n) is 5.39. The van der Waals surface area contributed by atoms with Crippen LogP contribution in [-0.2, 0) is 19.5 Å². The van der Waals surface area contributed by atoms with Crippen LogP contribution in [0.1, 0.15) is 27.1 Å². The van der Waals surface area contributed by atoms with E-state index in [9.17, 15) is 5.11 Å². The maximum atomic E-state index is 10.1. The molecule has 3 heteroatoms. The number of benzene rings is 1. The minimum absolute atomic E-state index is 0.430. The zero-order valence-corrected chi connectivity index (χ0v) is 12.3. The van der Waals surface area contributed by atoms with Gasteiger partial charge in [-0.2, -0.15) is 0 Å². The van der Waals surface area contributed by atoms with Crippen LogP contribution >= 0.6 is 11.3 Å². The molecule has 3 rings (SSSR count). The molecule has 1 aromatic heterocycles. The van der Waals surface area contributed by atoms with E-state index in [1.54, 1.807) is 0 Å². The van der Waals surface area contributed by atoms with Crippen molar-refractivity contribution in [3.05, 3.63) is 50.7 Å². The molecule has 0 radical (unpaired) electrons. The molecule has 1 N–H and O–H groups in total. The molecule has 19 heavy (non-hydrogen) atoms. The Morgan fingerprint density at radius 2 is 2.05 bits per heavy atom. The van der Waals surface area contributed by atoms with Crippen molar-refractivity contribution >= 4 is 11.3 Å². The monoisotopic (exact) mass is 273 g/mol. The van der Waals surface area contributed by atoms with Crippen LogP contribution in [0.3, 0.4) is 0 Å². The summed E-state index contributed by atoms with van der Waals surface area (Å²) in [5, 5.41) is 12.3. The largest absolute Gasteiger partial charge is 0.508 e. The molecule has 0 saturated heterocycles. The van der Waals surface area contributed by atoms with E-state index in [1.165, 1.54) is 16.0 Å². The minimum atomic E-state index is 0.430. The molecule has 0 unspecified atom stereocenters. The third-order valence-corrected chi connectivity index (χ3v) is 5.00. The van der Waals surface area contributed by atoms with Crippen LogP contribution in [0.5, 0.6) is 5.75 Å². The molecule has 1 aliphatic rings. The zero-order valence-electron chi connectivity index (χ0n) is 11.4. The lowest BCUT2D eigenvalue weighted by Gasteiger charge is -2.27. The van der Waals surface area contributed by atoms with Gasteiger partial charge in [0.15, 0.2) is 0 Å². The Balaban J connectivity index is 1.78. The van der Waals surface area contributed by atoms with E-state index in [4.69, 9.17) is 0 Å². The van der Waals surface area contributed by atoms with Gasteiger partial charge in [-0.25, -0.2) is 0 Å². The number of phenolic OH excluding ortho intramolecular Hbond substituents is 1. The number of aromatic hydroxyl groups is 1. The molecule has 2 aromatic rings. The van der Waals surface area contributed by atoms with Crippen molar-refractivity contribution in [3.8, 4) is 5.75 Å². The predicted molar refractivity (Wildman–Crippen MR) is 79.7 cm³/mol. The summed E-state index contributed by atoms with van der Waals surface area (Å²) < 4.78 is 0. The van der Waals surface area contributed by atoms with Crippen molar-refractivity contribution in [1.82, 2.24) is 4.90 Å². The van der Waals surface area contributed by atoms with Crippen LogP contribution < -0.4 is 0 Å². The maximum absolute atomic E-state index is 10.1. The average Bonchev–Trinajstić information content (AvgIpc) is 2.83. The highest BCUT2D eigenvalue weighted by atomic mass is 32.1. The summed E-state index contributed by atoms with van der Waals surface area (Å²) in [4.78, 5) is 3.94. The maximum Gasteiger partial charge on any atom is 0.120 e. The number of hydrogen-bond acceptors (Lipinski definition) is 3. The zero-order chi connectivity index (χ0) is 13.4. The first kappa shape index (κ1) is 12.7. The molecule has 0 amide bonds. The molecule has 1 aliphatic heterocycles. The van der Waals surface area contributed by atoms with Gasteiger partial charge in [0, 0.05) is 30.1 Å². The van der Waals surface area contributed by atoms with Gasteiger partial charge in [-0.15, -0.1) is 11.3 Å². The highest BCUT2D eigenvalue weighted by Crippen LogP contribution is 2.28. The molecule has 0 saturated carbocycles. The summed E-state index contributed by atoms with van der Waals surface area (Å²) in [6.07, 6.45) is 1.14. The van der Waals surface area contributed by atoms with Crippen LogP contribution in [0.4, 0.5) is 0 Å². The Labute approximate surface area is 118 Å². The van der Waals surface area contributed by atoms with E-state index in [0.29, 0.717) is 5.75 Å². The average molecular weight is 273 g/mol. The standard InChI is InChI=1S/C16H19NOS/c1-11-7-14(15(18)8-12(11)2)10-17-5-3-16-13(9-17)4-6-19-16/h4,6-8,18H,3,5,9-10H2,1-2H3. The molecular weight excluding hydrogens is 254 g/mol. The van der Waals surface area contributed by atoms with E-state index in [0.717, 1.165) is 37.2 Å². The number of phenols is 1. The number of rotatable bonds is 2. The van der Waals surface area contributed by atoms with E-state index >= 15 is 0 Å². The highest BCUT2D eigenvalue weighted by molar-refractivity contribution is 7.10. The molecule has 0 fully saturated rings. The molecule has 100 valence electrons. The van der Waals surface area contributed by atoms with Gasteiger partial charge in [0.25, 0.3) is 0 Å². The van der Waals surface area contributed by atoms with Crippen LogP contribution in [0, 0.1) is 13.8 Å². The second-order valence-corrected chi connectivity index (χ2v) is 6.40. The van der Waals surface area contributed by atoms with Gasteiger partial charge >= 0.3 is 0 Å². The number of aryl methyl sites for hydroxylation is 2.